The summed E-state index contributed by atoms with van der Waals surface area (Å²) >= 11 is 12.0. The molecular formula is C16H17Cl2N5O. The summed E-state index contributed by atoms with van der Waals surface area (Å²) in [5, 5.41) is 3.51. The first kappa shape index (κ1) is 16.8. The molecule has 1 saturated heterocycles. The van der Waals surface area contributed by atoms with E-state index in [4.69, 9.17) is 28.9 Å². The average Bonchev–Trinajstić information content (AvgIpc) is 2.60. The Morgan fingerprint density at radius 1 is 1.29 bits per heavy atom. The van der Waals surface area contributed by atoms with Gasteiger partial charge in [-0.05, 0) is 25.0 Å². The highest BCUT2D eigenvalue weighted by molar-refractivity contribution is 6.39. The molecule has 0 bridgehead atoms. The van der Waals surface area contributed by atoms with Crippen LogP contribution in [0.15, 0.2) is 30.7 Å². The van der Waals surface area contributed by atoms with Crippen LogP contribution in [0.25, 0.3) is 0 Å². The van der Waals surface area contributed by atoms with E-state index in [9.17, 15) is 4.79 Å². The maximum Gasteiger partial charge on any atom is 0.229 e. The van der Waals surface area contributed by atoms with Gasteiger partial charge in [0.05, 0.1) is 27.8 Å². The van der Waals surface area contributed by atoms with Gasteiger partial charge < -0.3 is 16.0 Å². The summed E-state index contributed by atoms with van der Waals surface area (Å²) in [6.07, 6.45) is 6.72. The third-order valence-corrected chi connectivity index (χ3v) is 4.64. The van der Waals surface area contributed by atoms with Gasteiger partial charge >= 0.3 is 0 Å². The fourth-order valence-electron chi connectivity index (χ4n) is 2.75. The van der Waals surface area contributed by atoms with Crippen molar-refractivity contribution in [2.45, 2.75) is 12.8 Å². The van der Waals surface area contributed by atoms with Gasteiger partial charge in [0.1, 0.15) is 5.82 Å². The van der Waals surface area contributed by atoms with E-state index in [0.29, 0.717) is 28.0 Å². The molecule has 0 radical (unpaired) electrons. The van der Waals surface area contributed by atoms with Crippen molar-refractivity contribution in [3.63, 3.8) is 0 Å². The molecule has 1 unspecified atom stereocenters. The van der Waals surface area contributed by atoms with Crippen molar-refractivity contribution in [2.24, 2.45) is 5.92 Å². The van der Waals surface area contributed by atoms with Gasteiger partial charge in [-0.25, -0.2) is 4.98 Å². The number of nitrogens with zero attached hydrogens (tertiary/aromatic N) is 3. The lowest BCUT2D eigenvalue weighted by molar-refractivity contribution is -0.120. The van der Waals surface area contributed by atoms with Crippen LogP contribution in [0.4, 0.5) is 17.2 Å². The first-order valence-electron chi connectivity index (χ1n) is 7.61. The molecular weight excluding hydrogens is 349 g/mol. The number of anilines is 3. The summed E-state index contributed by atoms with van der Waals surface area (Å²) in [6.45, 7) is 1.46. The van der Waals surface area contributed by atoms with Gasteiger partial charge in [0.25, 0.3) is 0 Å². The molecule has 1 aliphatic rings. The molecule has 3 rings (SSSR count). The van der Waals surface area contributed by atoms with E-state index in [2.05, 4.69) is 20.2 Å². The number of hydrogen-bond acceptors (Lipinski definition) is 5. The minimum Gasteiger partial charge on any atom is -0.396 e. The molecule has 24 heavy (non-hydrogen) atoms. The average molecular weight is 366 g/mol. The Morgan fingerprint density at radius 3 is 2.71 bits per heavy atom. The topological polar surface area (TPSA) is 84.1 Å². The maximum absolute atomic E-state index is 12.6. The van der Waals surface area contributed by atoms with Crippen LogP contribution in [-0.2, 0) is 4.79 Å². The van der Waals surface area contributed by atoms with Crippen LogP contribution in [-0.4, -0.2) is 29.0 Å². The van der Waals surface area contributed by atoms with Crippen LogP contribution in [0.3, 0.4) is 0 Å². The van der Waals surface area contributed by atoms with E-state index in [-0.39, 0.29) is 11.8 Å². The summed E-state index contributed by atoms with van der Waals surface area (Å²) in [4.78, 5) is 23.0. The van der Waals surface area contributed by atoms with Crippen molar-refractivity contribution in [2.75, 3.05) is 29.0 Å². The third kappa shape index (κ3) is 3.71. The van der Waals surface area contributed by atoms with Crippen LogP contribution in [0.5, 0.6) is 0 Å². The van der Waals surface area contributed by atoms with Gasteiger partial charge in [-0.3, -0.25) is 9.78 Å². The lowest BCUT2D eigenvalue weighted by atomic mass is 9.97. The van der Waals surface area contributed by atoms with Crippen molar-refractivity contribution in [1.82, 2.24) is 9.97 Å². The van der Waals surface area contributed by atoms with Crippen LogP contribution in [0, 0.1) is 5.92 Å². The van der Waals surface area contributed by atoms with Crippen molar-refractivity contribution in [3.8, 4) is 0 Å². The zero-order valence-corrected chi connectivity index (χ0v) is 14.4. The number of rotatable bonds is 3. The molecule has 126 valence electrons. The number of halogens is 2. The monoisotopic (exact) mass is 365 g/mol. The molecule has 2 heterocycles. The fourth-order valence-corrected chi connectivity index (χ4v) is 3.24. The Balaban J connectivity index is 1.69. The van der Waals surface area contributed by atoms with E-state index < -0.39 is 0 Å². The number of aromatic nitrogens is 2. The molecule has 1 aromatic heterocycles. The molecule has 0 aliphatic carbocycles. The lowest BCUT2D eigenvalue weighted by Crippen LogP contribution is -2.41. The molecule has 2 aromatic rings. The van der Waals surface area contributed by atoms with E-state index in [1.807, 2.05) is 0 Å². The highest BCUT2D eigenvalue weighted by atomic mass is 35.5. The molecule has 1 atom stereocenters. The summed E-state index contributed by atoms with van der Waals surface area (Å²) in [5.41, 5.74) is 6.56. The third-order valence-electron chi connectivity index (χ3n) is 4.01. The number of nitrogens with two attached hydrogens (primary N) is 1. The highest BCUT2D eigenvalue weighted by Gasteiger charge is 2.26. The number of piperidine rings is 1. The zero-order chi connectivity index (χ0) is 17.1. The minimum absolute atomic E-state index is 0.0690. The molecule has 6 nitrogen and oxygen atoms in total. The van der Waals surface area contributed by atoms with Crippen LogP contribution >= 0.6 is 23.2 Å². The maximum atomic E-state index is 12.6. The Morgan fingerprint density at radius 2 is 2.04 bits per heavy atom. The molecule has 1 aliphatic heterocycles. The number of amides is 1. The number of nitrogens with one attached hydrogen (secondary N) is 1. The van der Waals surface area contributed by atoms with Crippen molar-refractivity contribution in [1.29, 1.82) is 0 Å². The highest BCUT2D eigenvalue weighted by Crippen LogP contribution is 2.31. The van der Waals surface area contributed by atoms with Gasteiger partial charge in [-0.15, -0.1) is 0 Å². The molecule has 0 saturated carbocycles. The van der Waals surface area contributed by atoms with E-state index >= 15 is 0 Å². The summed E-state index contributed by atoms with van der Waals surface area (Å²) in [6, 6.07) is 3.20. The molecule has 1 amide bonds. The summed E-state index contributed by atoms with van der Waals surface area (Å²) in [7, 11) is 0. The van der Waals surface area contributed by atoms with Crippen molar-refractivity contribution in [3.05, 3.63) is 40.8 Å². The van der Waals surface area contributed by atoms with Crippen LogP contribution in [0.1, 0.15) is 12.8 Å². The summed E-state index contributed by atoms with van der Waals surface area (Å²) < 4.78 is 0. The number of benzene rings is 1. The number of carbonyl (C=O) groups excluding carboxylic acids is 1. The second kappa shape index (κ2) is 7.23. The Bertz CT molecular complexity index is 717. The molecule has 1 aromatic carbocycles. The molecule has 1 fully saturated rings. The molecule has 8 heteroatoms. The van der Waals surface area contributed by atoms with Crippen molar-refractivity contribution >= 4 is 46.3 Å². The second-order valence-electron chi connectivity index (χ2n) is 5.69. The SMILES string of the molecule is Nc1c(Cl)cc(NC(=O)C2CCCN(c3cnccn3)C2)cc1Cl. The largest absolute Gasteiger partial charge is 0.396 e. The number of carbonyl (C=O) groups is 1. The van der Waals surface area contributed by atoms with Crippen molar-refractivity contribution < 1.29 is 4.79 Å². The van der Waals surface area contributed by atoms with E-state index in [1.165, 1.54) is 0 Å². The first-order chi connectivity index (χ1) is 11.5. The van der Waals surface area contributed by atoms with Crippen LogP contribution in [0.2, 0.25) is 10.0 Å². The minimum atomic E-state index is -0.143. The normalized spacial score (nSPS) is 17.6. The first-order valence-corrected chi connectivity index (χ1v) is 8.36. The van der Waals surface area contributed by atoms with Crippen LogP contribution < -0.4 is 16.0 Å². The molecule has 0 spiro atoms. The van der Waals surface area contributed by atoms with Gasteiger partial charge in [0.15, 0.2) is 0 Å². The van der Waals surface area contributed by atoms with Gasteiger partial charge in [0, 0.05) is 31.2 Å². The Labute approximate surface area is 150 Å². The quantitative estimate of drug-likeness (QED) is 0.815. The zero-order valence-electron chi connectivity index (χ0n) is 12.9. The standard InChI is InChI=1S/C16H17Cl2N5O/c17-12-6-11(7-13(18)15(12)19)22-16(24)10-2-1-5-23(9-10)14-8-20-3-4-21-14/h3-4,6-8,10H,1-2,5,9,19H2,(H,22,24). The second-order valence-corrected chi connectivity index (χ2v) is 6.51. The van der Waals surface area contributed by atoms with Gasteiger partial charge in [-0.2, -0.15) is 0 Å². The van der Waals surface area contributed by atoms with Gasteiger partial charge in [0.2, 0.25) is 5.91 Å². The number of hydrogen-bond donors (Lipinski definition) is 2. The Hall–Kier alpha value is -2.05. The number of nitrogen functional groups attached to an aromatic ring is 1. The fraction of sp³-hybridized carbons (Fsp3) is 0.312. The Kier molecular flexibility index (Phi) is 5.06. The summed E-state index contributed by atoms with van der Waals surface area (Å²) in [5.74, 6) is 0.574. The predicted molar refractivity (Wildman–Crippen MR) is 96.5 cm³/mol. The predicted octanol–water partition coefficient (Wildman–Crippen LogP) is 3.22. The van der Waals surface area contributed by atoms with Gasteiger partial charge in [-0.1, -0.05) is 23.2 Å². The lowest BCUT2D eigenvalue weighted by Gasteiger charge is -2.32. The van der Waals surface area contributed by atoms with E-state index in [0.717, 1.165) is 25.2 Å². The van der Waals surface area contributed by atoms with E-state index in [1.54, 1.807) is 30.7 Å². The smallest absolute Gasteiger partial charge is 0.229 e. The molecule has 3 N–H and O–H groups in total.